The summed E-state index contributed by atoms with van der Waals surface area (Å²) in [6, 6.07) is 19.1. The van der Waals surface area contributed by atoms with E-state index in [9.17, 15) is 4.79 Å². The summed E-state index contributed by atoms with van der Waals surface area (Å²) in [5.41, 5.74) is 7.56. The smallest absolute Gasteiger partial charge is 0.254 e. The van der Waals surface area contributed by atoms with E-state index in [1.54, 1.807) is 14.2 Å². The highest BCUT2D eigenvalue weighted by Gasteiger charge is 2.42. The number of para-hydroxylation sites is 2. The molecule has 270 valence electrons. The van der Waals surface area contributed by atoms with Crippen molar-refractivity contribution in [3.8, 4) is 11.5 Å². The van der Waals surface area contributed by atoms with Gasteiger partial charge in [0.1, 0.15) is 0 Å². The molecule has 50 heavy (non-hydrogen) atoms. The van der Waals surface area contributed by atoms with Gasteiger partial charge in [0.2, 0.25) is 5.95 Å². The molecule has 1 amide bonds. The lowest BCUT2D eigenvalue weighted by molar-refractivity contribution is 0.0780. The highest BCUT2D eigenvalue weighted by molar-refractivity contribution is 5.95. The number of carbonyl (C=O) groups is 1. The number of rotatable bonds is 12. The normalized spacial score (nSPS) is 18.3. The fraction of sp³-hybridized carbons (Fsp3) is 0.500. The van der Waals surface area contributed by atoms with Gasteiger partial charge in [0, 0.05) is 56.9 Å². The van der Waals surface area contributed by atoms with Crippen LogP contribution in [0.1, 0.15) is 58.8 Å². The molecule has 0 radical (unpaired) electrons. The molecule has 0 saturated carbocycles. The summed E-state index contributed by atoms with van der Waals surface area (Å²) in [6.07, 6.45) is 3.02. The molecule has 4 aromatic rings. The van der Waals surface area contributed by atoms with Crippen LogP contribution in [0.4, 0.5) is 5.95 Å². The van der Waals surface area contributed by atoms with Crippen LogP contribution in [0.15, 0.2) is 54.6 Å². The van der Waals surface area contributed by atoms with Crippen molar-refractivity contribution >= 4 is 22.9 Å². The minimum absolute atomic E-state index is 0. The van der Waals surface area contributed by atoms with Crippen molar-refractivity contribution in [3.05, 3.63) is 82.4 Å². The molecule has 2 aliphatic rings. The minimum atomic E-state index is -0.112. The topological polar surface area (TPSA) is 104 Å². The average Bonchev–Trinajstić information content (AvgIpc) is 3.63. The van der Waals surface area contributed by atoms with Gasteiger partial charge >= 0.3 is 0 Å². The van der Waals surface area contributed by atoms with Crippen molar-refractivity contribution in [1.29, 1.82) is 0 Å². The van der Waals surface area contributed by atoms with Gasteiger partial charge in [-0.3, -0.25) is 4.79 Å². The Kier molecular flexibility index (Phi) is 12.1. The molecule has 1 unspecified atom stereocenters. The van der Waals surface area contributed by atoms with Crippen LogP contribution in [0.5, 0.6) is 11.5 Å². The molecule has 0 aliphatic carbocycles. The molecule has 6 rings (SSSR count). The van der Waals surface area contributed by atoms with Crippen molar-refractivity contribution in [2.24, 2.45) is 0 Å². The van der Waals surface area contributed by atoms with Crippen molar-refractivity contribution in [1.82, 2.24) is 19.4 Å². The summed E-state index contributed by atoms with van der Waals surface area (Å²) >= 11 is 0. The Morgan fingerprint density at radius 1 is 0.880 bits per heavy atom. The van der Waals surface area contributed by atoms with Crippen molar-refractivity contribution < 1.29 is 24.5 Å². The quantitative estimate of drug-likeness (QED) is 0.180. The number of carbonyl (C=O) groups excluding carboxylic acids is 1. The Hall–Kier alpha value is -4.12. The van der Waals surface area contributed by atoms with Gasteiger partial charge in [-0.2, -0.15) is 0 Å². The molecule has 2 saturated heterocycles. The molecule has 3 aromatic carbocycles. The molecule has 2 aliphatic heterocycles. The predicted molar refractivity (Wildman–Crippen MR) is 200 cm³/mol. The standard InChI is InChI=1S/C40H53N5O4.H2O/c1-7-49-24-23-45-35-12-9-8-11-34(35)41-39(45)43-18-10-17-42(21-22-43)19-15-40(33-14-13-29(2)30(3)26-33)16-20-44(28-40)38(46)32-25-31(4)37(48-6)36(27-32)47-5;/h8-9,11-14,25-27H,7,10,15-24,28H2,1-6H3;1H2. The number of hydrogen-bond acceptors (Lipinski definition) is 7. The average molecular weight is 686 g/mol. The van der Waals surface area contributed by atoms with Crippen molar-refractivity contribution in [2.75, 3.05) is 78.1 Å². The summed E-state index contributed by atoms with van der Waals surface area (Å²) < 4.78 is 19.2. The Bertz CT molecular complexity index is 1770. The van der Waals surface area contributed by atoms with Gasteiger partial charge in [-0.1, -0.05) is 30.3 Å². The lowest BCUT2D eigenvalue weighted by Gasteiger charge is -2.33. The third kappa shape index (κ3) is 7.62. The van der Waals surface area contributed by atoms with Crippen LogP contribution in [0, 0.1) is 20.8 Å². The molecule has 0 spiro atoms. The van der Waals surface area contributed by atoms with Crippen LogP contribution in [0.3, 0.4) is 0 Å². The predicted octanol–water partition coefficient (Wildman–Crippen LogP) is 5.58. The van der Waals surface area contributed by atoms with Crippen LogP contribution in [-0.2, 0) is 16.7 Å². The second kappa shape index (κ2) is 16.3. The van der Waals surface area contributed by atoms with E-state index in [0.717, 1.165) is 87.6 Å². The van der Waals surface area contributed by atoms with E-state index in [1.807, 2.05) is 30.9 Å². The van der Waals surface area contributed by atoms with E-state index in [-0.39, 0.29) is 16.8 Å². The van der Waals surface area contributed by atoms with Crippen molar-refractivity contribution in [3.63, 3.8) is 0 Å². The molecule has 2 N–H and O–H groups in total. The van der Waals surface area contributed by atoms with E-state index < -0.39 is 0 Å². The van der Waals surface area contributed by atoms with E-state index in [2.05, 4.69) is 70.7 Å². The first-order chi connectivity index (χ1) is 23.8. The highest BCUT2D eigenvalue weighted by Crippen LogP contribution is 2.40. The van der Waals surface area contributed by atoms with Gasteiger partial charge in [0.15, 0.2) is 11.5 Å². The Morgan fingerprint density at radius 3 is 2.46 bits per heavy atom. The maximum absolute atomic E-state index is 14.0. The Labute approximate surface area is 297 Å². The van der Waals surface area contributed by atoms with Gasteiger partial charge in [0.25, 0.3) is 5.91 Å². The maximum Gasteiger partial charge on any atom is 0.254 e. The summed E-state index contributed by atoms with van der Waals surface area (Å²) in [4.78, 5) is 26.2. The van der Waals surface area contributed by atoms with Crippen LogP contribution < -0.4 is 14.4 Å². The van der Waals surface area contributed by atoms with Gasteiger partial charge in [-0.05, 0) is 107 Å². The number of anilines is 1. The van der Waals surface area contributed by atoms with Gasteiger partial charge < -0.3 is 39.0 Å². The zero-order valence-corrected chi connectivity index (χ0v) is 30.8. The fourth-order valence-electron chi connectivity index (χ4n) is 7.75. The van der Waals surface area contributed by atoms with E-state index in [1.165, 1.54) is 16.7 Å². The van der Waals surface area contributed by atoms with E-state index in [4.69, 9.17) is 19.2 Å². The summed E-state index contributed by atoms with van der Waals surface area (Å²) in [6.45, 7) is 16.9. The molecule has 10 heteroatoms. The van der Waals surface area contributed by atoms with E-state index >= 15 is 0 Å². The zero-order chi connectivity index (χ0) is 34.5. The van der Waals surface area contributed by atoms with Crippen LogP contribution in [0.25, 0.3) is 11.0 Å². The van der Waals surface area contributed by atoms with Crippen LogP contribution in [0.2, 0.25) is 0 Å². The number of nitrogens with zero attached hydrogens (tertiary/aromatic N) is 5. The van der Waals surface area contributed by atoms with Gasteiger partial charge in [-0.15, -0.1) is 0 Å². The molecule has 0 bridgehead atoms. The van der Waals surface area contributed by atoms with Gasteiger partial charge in [0.05, 0.1) is 31.9 Å². The number of fused-ring (bicyclic) bond motifs is 1. The molecule has 1 atom stereocenters. The molecule has 1 aromatic heterocycles. The lowest BCUT2D eigenvalue weighted by Crippen LogP contribution is -2.39. The monoisotopic (exact) mass is 685 g/mol. The Balaban J connectivity index is 0.00000486. The lowest BCUT2D eigenvalue weighted by atomic mass is 9.76. The molecular weight excluding hydrogens is 630 g/mol. The number of likely N-dealkylation sites (tertiary alicyclic amines) is 1. The number of amides is 1. The third-order valence-electron chi connectivity index (χ3n) is 10.7. The third-order valence-corrected chi connectivity index (χ3v) is 10.7. The second-order valence-electron chi connectivity index (χ2n) is 13.8. The molecule has 3 heterocycles. The SMILES string of the molecule is CCOCCn1c(N2CCCN(CCC3(c4ccc(C)c(C)c4)CCN(C(=O)c4cc(C)c(OC)c(OC)c4)C3)CC2)nc2ccccc21.O. The molecule has 2 fully saturated rings. The second-order valence-corrected chi connectivity index (χ2v) is 13.8. The minimum Gasteiger partial charge on any atom is -0.493 e. The summed E-state index contributed by atoms with van der Waals surface area (Å²) in [7, 11) is 3.25. The number of ether oxygens (including phenoxy) is 3. The number of aryl methyl sites for hydroxylation is 3. The van der Waals surface area contributed by atoms with Crippen LogP contribution in [-0.4, -0.2) is 104 Å². The summed E-state index contributed by atoms with van der Waals surface area (Å²) in [5.74, 6) is 2.35. The largest absolute Gasteiger partial charge is 0.493 e. The number of imidazole rings is 1. The Morgan fingerprint density at radius 2 is 1.70 bits per heavy atom. The first-order valence-electron chi connectivity index (χ1n) is 17.9. The maximum atomic E-state index is 14.0. The number of hydrogen-bond donors (Lipinski definition) is 0. The fourth-order valence-corrected chi connectivity index (χ4v) is 7.75. The first kappa shape index (κ1) is 37.1. The van der Waals surface area contributed by atoms with Crippen LogP contribution >= 0.6 is 0 Å². The number of benzene rings is 3. The number of methoxy groups -OCH3 is 2. The summed E-state index contributed by atoms with van der Waals surface area (Å²) in [5, 5.41) is 0. The van der Waals surface area contributed by atoms with E-state index in [0.29, 0.717) is 36.8 Å². The molecule has 10 nitrogen and oxygen atoms in total. The zero-order valence-electron chi connectivity index (χ0n) is 30.8. The van der Waals surface area contributed by atoms with Gasteiger partial charge in [-0.25, -0.2) is 4.98 Å². The first-order valence-corrected chi connectivity index (χ1v) is 17.9. The number of aromatic nitrogens is 2. The highest BCUT2D eigenvalue weighted by atomic mass is 16.5. The van der Waals surface area contributed by atoms with Crippen molar-refractivity contribution in [2.45, 2.75) is 58.9 Å². The molecular formula is C40H55N5O5.